The van der Waals surface area contributed by atoms with E-state index >= 15 is 0 Å². The Bertz CT molecular complexity index is 755. The lowest BCUT2D eigenvalue weighted by molar-refractivity contribution is -0.119. The number of pyridine rings is 1. The molecule has 0 aliphatic heterocycles. The molecule has 0 aliphatic rings. The summed E-state index contributed by atoms with van der Waals surface area (Å²) < 4.78 is 24.3. The second-order valence-electron chi connectivity index (χ2n) is 4.54. The van der Waals surface area contributed by atoms with Crippen molar-refractivity contribution in [3.63, 3.8) is 0 Å². The lowest BCUT2D eigenvalue weighted by Crippen LogP contribution is -2.21. The number of nitrogens with one attached hydrogen (secondary N) is 1. The van der Waals surface area contributed by atoms with Gasteiger partial charge in [-0.2, -0.15) is 0 Å². The molecule has 8 heteroatoms. The van der Waals surface area contributed by atoms with E-state index in [-0.39, 0.29) is 17.1 Å². The Labute approximate surface area is 146 Å². The Balaban J connectivity index is 1.95. The number of amides is 1. The maximum Gasteiger partial charge on any atom is 0.344 e. The van der Waals surface area contributed by atoms with Gasteiger partial charge in [-0.3, -0.25) is 4.79 Å². The molecule has 1 N–H and O–H groups in total. The molecule has 0 spiro atoms. The summed E-state index contributed by atoms with van der Waals surface area (Å²) >= 11 is 3.12. The number of aromatic nitrogens is 1. The topological polar surface area (TPSA) is 77.5 Å². The Morgan fingerprint density at radius 1 is 1.33 bits per heavy atom. The number of ether oxygens (including phenoxy) is 2. The second kappa shape index (κ2) is 8.39. The Hall–Kier alpha value is -2.48. The van der Waals surface area contributed by atoms with Crippen molar-refractivity contribution in [1.29, 1.82) is 0 Å². The summed E-state index contributed by atoms with van der Waals surface area (Å²) in [6, 6.07) is 7.22. The van der Waals surface area contributed by atoms with Crippen LogP contribution in [0.1, 0.15) is 17.3 Å². The van der Waals surface area contributed by atoms with Crippen molar-refractivity contribution in [2.45, 2.75) is 6.92 Å². The summed E-state index contributed by atoms with van der Waals surface area (Å²) in [5.74, 6) is -1.89. The molecule has 1 amide bonds. The highest BCUT2D eigenvalue weighted by molar-refractivity contribution is 9.10. The van der Waals surface area contributed by atoms with E-state index in [9.17, 15) is 14.0 Å². The van der Waals surface area contributed by atoms with Gasteiger partial charge in [-0.05, 0) is 37.3 Å². The predicted molar refractivity (Wildman–Crippen MR) is 88.4 cm³/mol. The van der Waals surface area contributed by atoms with Gasteiger partial charge in [0.1, 0.15) is 11.4 Å². The van der Waals surface area contributed by atoms with E-state index in [1.807, 2.05) is 0 Å². The van der Waals surface area contributed by atoms with Gasteiger partial charge >= 0.3 is 5.97 Å². The number of benzene rings is 1. The maximum atomic E-state index is 13.6. The third kappa shape index (κ3) is 4.76. The smallest absolute Gasteiger partial charge is 0.344 e. The van der Waals surface area contributed by atoms with Crippen molar-refractivity contribution in [2.24, 2.45) is 0 Å². The first-order valence-corrected chi connectivity index (χ1v) is 7.80. The summed E-state index contributed by atoms with van der Waals surface area (Å²) in [5, 5.41) is 2.33. The number of anilines is 1. The van der Waals surface area contributed by atoms with Crippen molar-refractivity contribution >= 4 is 33.5 Å². The molecule has 126 valence electrons. The molecule has 1 aromatic heterocycles. The molecule has 1 aromatic carbocycles. The van der Waals surface area contributed by atoms with Gasteiger partial charge in [0.25, 0.3) is 5.91 Å². The standard InChI is InChI=1S/C16H14BrFN2O4/c1-2-23-15-11(4-3-7-19-15)16(22)24-9-14(21)20-13-6-5-10(17)8-12(13)18/h3-8H,2,9H2,1H3,(H,20,21). The van der Waals surface area contributed by atoms with Gasteiger partial charge in [0.15, 0.2) is 6.61 Å². The highest BCUT2D eigenvalue weighted by Gasteiger charge is 2.16. The third-order valence-electron chi connectivity index (χ3n) is 2.81. The SMILES string of the molecule is CCOc1ncccc1C(=O)OCC(=O)Nc1ccc(Br)cc1F. The number of hydrogen-bond donors (Lipinski definition) is 1. The molecule has 0 saturated carbocycles. The van der Waals surface area contributed by atoms with Gasteiger partial charge < -0.3 is 14.8 Å². The van der Waals surface area contributed by atoms with Crippen LogP contribution in [-0.2, 0) is 9.53 Å². The van der Waals surface area contributed by atoms with Crippen LogP contribution in [0.25, 0.3) is 0 Å². The second-order valence-corrected chi connectivity index (χ2v) is 5.45. The van der Waals surface area contributed by atoms with E-state index in [4.69, 9.17) is 9.47 Å². The lowest BCUT2D eigenvalue weighted by Gasteiger charge is -2.09. The van der Waals surface area contributed by atoms with Gasteiger partial charge in [0.2, 0.25) is 5.88 Å². The quantitative estimate of drug-likeness (QED) is 0.758. The van der Waals surface area contributed by atoms with E-state index in [2.05, 4.69) is 26.2 Å². The maximum absolute atomic E-state index is 13.6. The molecular formula is C16H14BrFN2O4. The average molecular weight is 397 g/mol. The molecule has 6 nitrogen and oxygen atoms in total. The van der Waals surface area contributed by atoms with Crippen LogP contribution in [0.15, 0.2) is 41.0 Å². The molecule has 0 atom stereocenters. The summed E-state index contributed by atoms with van der Waals surface area (Å²) in [6.07, 6.45) is 1.48. The van der Waals surface area contributed by atoms with Crippen molar-refractivity contribution < 1.29 is 23.5 Å². The molecule has 0 saturated heterocycles. The minimum Gasteiger partial charge on any atom is -0.477 e. The van der Waals surface area contributed by atoms with Crippen molar-refractivity contribution in [1.82, 2.24) is 4.98 Å². The molecular weight excluding hydrogens is 383 g/mol. The monoisotopic (exact) mass is 396 g/mol. The fraction of sp³-hybridized carbons (Fsp3) is 0.188. The fourth-order valence-electron chi connectivity index (χ4n) is 1.78. The van der Waals surface area contributed by atoms with Gasteiger partial charge in [0.05, 0.1) is 12.3 Å². The van der Waals surface area contributed by atoms with Gasteiger partial charge in [-0.15, -0.1) is 0 Å². The Morgan fingerprint density at radius 2 is 2.12 bits per heavy atom. The van der Waals surface area contributed by atoms with Gasteiger partial charge in [0, 0.05) is 10.7 Å². The molecule has 0 aliphatic carbocycles. The van der Waals surface area contributed by atoms with Crippen LogP contribution in [0.4, 0.5) is 10.1 Å². The lowest BCUT2D eigenvalue weighted by atomic mass is 10.3. The number of rotatable bonds is 6. The van der Waals surface area contributed by atoms with Crippen LogP contribution >= 0.6 is 15.9 Å². The molecule has 24 heavy (non-hydrogen) atoms. The van der Waals surface area contributed by atoms with Crippen LogP contribution < -0.4 is 10.1 Å². The molecule has 0 unspecified atom stereocenters. The van der Waals surface area contributed by atoms with Gasteiger partial charge in [-0.25, -0.2) is 14.2 Å². The predicted octanol–water partition coefficient (Wildman–Crippen LogP) is 3.18. The highest BCUT2D eigenvalue weighted by atomic mass is 79.9. The number of esters is 1. The normalized spacial score (nSPS) is 10.1. The molecule has 2 aromatic rings. The highest BCUT2D eigenvalue weighted by Crippen LogP contribution is 2.19. The average Bonchev–Trinajstić information content (AvgIpc) is 2.56. The molecule has 0 bridgehead atoms. The summed E-state index contributed by atoms with van der Waals surface area (Å²) in [7, 11) is 0. The summed E-state index contributed by atoms with van der Waals surface area (Å²) in [4.78, 5) is 27.7. The zero-order chi connectivity index (χ0) is 17.5. The van der Waals surface area contributed by atoms with E-state index in [1.165, 1.54) is 24.4 Å². The van der Waals surface area contributed by atoms with Gasteiger partial charge in [-0.1, -0.05) is 15.9 Å². The number of carbonyl (C=O) groups excluding carboxylic acids is 2. The van der Waals surface area contributed by atoms with Crippen LogP contribution in [0.5, 0.6) is 5.88 Å². The zero-order valence-corrected chi connectivity index (χ0v) is 14.3. The summed E-state index contributed by atoms with van der Waals surface area (Å²) in [6.45, 7) is 1.53. The molecule has 1 heterocycles. The van der Waals surface area contributed by atoms with E-state index in [1.54, 1.807) is 19.1 Å². The van der Waals surface area contributed by atoms with E-state index < -0.39 is 24.3 Å². The minimum absolute atomic E-state index is 0.00404. The Morgan fingerprint density at radius 3 is 2.83 bits per heavy atom. The van der Waals surface area contributed by atoms with Crippen LogP contribution in [-0.4, -0.2) is 30.1 Å². The first-order chi connectivity index (χ1) is 11.5. The summed E-state index contributed by atoms with van der Waals surface area (Å²) in [5.41, 5.74) is 0.109. The number of hydrogen-bond acceptors (Lipinski definition) is 5. The molecule has 0 radical (unpaired) electrons. The minimum atomic E-state index is -0.752. The van der Waals surface area contributed by atoms with Crippen molar-refractivity contribution in [2.75, 3.05) is 18.5 Å². The first kappa shape index (κ1) is 17.9. The van der Waals surface area contributed by atoms with E-state index in [0.29, 0.717) is 11.1 Å². The van der Waals surface area contributed by atoms with E-state index in [0.717, 1.165) is 0 Å². The largest absolute Gasteiger partial charge is 0.477 e. The fourth-order valence-corrected chi connectivity index (χ4v) is 2.12. The number of carbonyl (C=O) groups is 2. The van der Waals surface area contributed by atoms with Crippen molar-refractivity contribution in [3.05, 3.63) is 52.4 Å². The number of halogens is 2. The molecule has 0 fully saturated rings. The van der Waals surface area contributed by atoms with Crippen LogP contribution in [0, 0.1) is 5.82 Å². The third-order valence-corrected chi connectivity index (χ3v) is 3.30. The first-order valence-electron chi connectivity index (χ1n) is 7.01. The Kier molecular flexibility index (Phi) is 6.25. The zero-order valence-electron chi connectivity index (χ0n) is 12.7. The van der Waals surface area contributed by atoms with Crippen LogP contribution in [0.3, 0.4) is 0 Å². The molecule has 2 rings (SSSR count). The number of nitrogens with zero attached hydrogens (tertiary/aromatic N) is 1. The van der Waals surface area contributed by atoms with Crippen molar-refractivity contribution in [3.8, 4) is 5.88 Å². The van der Waals surface area contributed by atoms with Crippen LogP contribution in [0.2, 0.25) is 0 Å².